The minimum Gasteiger partial charge on any atom is -0.368 e. The lowest BCUT2D eigenvalue weighted by Crippen LogP contribution is -2.48. The standard InChI is InChI=1S/C17H15Cl3N2O/c18-12-3-1-4-13(11-12)21-7-9-22(10-8-21)17(23)16-14(19)5-2-6-15(16)20/h1-6,11H,7-10H2. The van der Waals surface area contributed by atoms with Gasteiger partial charge < -0.3 is 9.80 Å². The van der Waals surface area contributed by atoms with Crippen molar-refractivity contribution in [2.24, 2.45) is 0 Å². The number of carbonyl (C=O) groups excluding carboxylic acids is 1. The molecular formula is C17H15Cl3N2O. The van der Waals surface area contributed by atoms with Crippen LogP contribution in [-0.2, 0) is 0 Å². The van der Waals surface area contributed by atoms with Gasteiger partial charge in [-0.1, -0.05) is 46.9 Å². The SMILES string of the molecule is O=C(c1c(Cl)cccc1Cl)N1CCN(c2cccc(Cl)c2)CC1. The van der Waals surface area contributed by atoms with Gasteiger partial charge in [0.05, 0.1) is 15.6 Å². The Bertz CT molecular complexity index is 707. The maximum Gasteiger partial charge on any atom is 0.257 e. The minimum atomic E-state index is -0.119. The Labute approximate surface area is 150 Å². The van der Waals surface area contributed by atoms with Crippen molar-refractivity contribution >= 4 is 46.4 Å². The van der Waals surface area contributed by atoms with E-state index in [0.717, 1.165) is 18.8 Å². The van der Waals surface area contributed by atoms with Crippen molar-refractivity contribution in [1.82, 2.24) is 4.90 Å². The quantitative estimate of drug-likeness (QED) is 0.772. The van der Waals surface area contributed by atoms with E-state index in [-0.39, 0.29) is 5.91 Å². The van der Waals surface area contributed by atoms with E-state index >= 15 is 0 Å². The molecule has 1 amide bonds. The molecule has 1 fully saturated rings. The predicted molar refractivity (Wildman–Crippen MR) is 96.0 cm³/mol. The first kappa shape index (κ1) is 16.4. The maximum atomic E-state index is 12.7. The van der Waals surface area contributed by atoms with Gasteiger partial charge in [-0.15, -0.1) is 0 Å². The Balaban J connectivity index is 1.70. The summed E-state index contributed by atoms with van der Waals surface area (Å²) in [4.78, 5) is 16.7. The summed E-state index contributed by atoms with van der Waals surface area (Å²) in [6, 6.07) is 12.8. The van der Waals surface area contributed by atoms with Crippen molar-refractivity contribution in [2.45, 2.75) is 0 Å². The molecule has 3 rings (SSSR count). The van der Waals surface area contributed by atoms with Crippen LogP contribution in [0.4, 0.5) is 5.69 Å². The molecule has 0 aliphatic carbocycles. The van der Waals surface area contributed by atoms with Crippen LogP contribution >= 0.6 is 34.8 Å². The molecule has 6 heteroatoms. The second-order valence-corrected chi connectivity index (χ2v) is 6.61. The van der Waals surface area contributed by atoms with E-state index in [9.17, 15) is 4.79 Å². The number of anilines is 1. The Morgan fingerprint density at radius 2 is 1.48 bits per heavy atom. The summed E-state index contributed by atoms with van der Waals surface area (Å²) in [7, 11) is 0. The van der Waals surface area contributed by atoms with E-state index in [1.165, 1.54) is 0 Å². The number of rotatable bonds is 2. The zero-order valence-corrected chi connectivity index (χ0v) is 14.6. The summed E-state index contributed by atoms with van der Waals surface area (Å²) in [5.74, 6) is -0.119. The number of hydrogen-bond donors (Lipinski definition) is 0. The number of hydrogen-bond acceptors (Lipinski definition) is 2. The van der Waals surface area contributed by atoms with Crippen LogP contribution in [0.25, 0.3) is 0 Å². The third-order valence-electron chi connectivity index (χ3n) is 3.92. The summed E-state index contributed by atoms with van der Waals surface area (Å²) in [5, 5.41) is 1.49. The molecule has 0 bridgehead atoms. The third kappa shape index (κ3) is 3.57. The molecule has 0 saturated carbocycles. The molecule has 0 radical (unpaired) electrons. The normalized spacial score (nSPS) is 14.9. The fourth-order valence-corrected chi connectivity index (χ4v) is 3.44. The molecule has 3 nitrogen and oxygen atoms in total. The molecule has 0 spiro atoms. The Hall–Kier alpha value is -1.42. The minimum absolute atomic E-state index is 0.119. The molecule has 1 saturated heterocycles. The van der Waals surface area contributed by atoms with Crippen molar-refractivity contribution in [3.63, 3.8) is 0 Å². The average molecular weight is 370 g/mol. The van der Waals surface area contributed by atoms with Gasteiger partial charge in [0.15, 0.2) is 0 Å². The van der Waals surface area contributed by atoms with Crippen LogP contribution in [0.15, 0.2) is 42.5 Å². The molecular weight excluding hydrogens is 355 g/mol. The Morgan fingerprint density at radius 1 is 0.870 bits per heavy atom. The number of piperazine rings is 1. The number of nitrogens with zero attached hydrogens (tertiary/aromatic N) is 2. The van der Waals surface area contributed by atoms with E-state index < -0.39 is 0 Å². The topological polar surface area (TPSA) is 23.6 Å². The molecule has 0 N–H and O–H groups in total. The number of amides is 1. The third-order valence-corrected chi connectivity index (χ3v) is 4.78. The second kappa shape index (κ2) is 7.00. The second-order valence-electron chi connectivity index (χ2n) is 5.36. The monoisotopic (exact) mass is 368 g/mol. The number of carbonyl (C=O) groups is 1. The van der Waals surface area contributed by atoms with Gasteiger partial charge in [-0.25, -0.2) is 0 Å². The molecule has 1 aliphatic heterocycles. The lowest BCUT2D eigenvalue weighted by Gasteiger charge is -2.36. The summed E-state index contributed by atoms with van der Waals surface area (Å²) in [6.45, 7) is 2.72. The summed E-state index contributed by atoms with van der Waals surface area (Å²) >= 11 is 18.3. The number of benzene rings is 2. The van der Waals surface area contributed by atoms with E-state index in [0.29, 0.717) is 33.7 Å². The van der Waals surface area contributed by atoms with Gasteiger partial charge in [0.2, 0.25) is 0 Å². The molecule has 1 aliphatic rings. The van der Waals surface area contributed by atoms with Gasteiger partial charge in [-0.05, 0) is 30.3 Å². The van der Waals surface area contributed by atoms with Gasteiger partial charge in [0, 0.05) is 36.9 Å². The molecule has 1 heterocycles. The molecule has 0 atom stereocenters. The lowest BCUT2D eigenvalue weighted by atomic mass is 10.1. The summed E-state index contributed by atoms with van der Waals surface area (Å²) in [6.07, 6.45) is 0. The Morgan fingerprint density at radius 3 is 2.09 bits per heavy atom. The van der Waals surface area contributed by atoms with Crippen LogP contribution < -0.4 is 4.90 Å². The van der Waals surface area contributed by atoms with Crippen molar-refractivity contribution < 1.29 is 4.79 Å². The fourth-order valence-electron chi connectivity index (χ4n) is 2.70. The lowest BCUT2D eigenvalue weighted by molar-refractivity contribution is 0.0747. The predicted octanol–water partition coefficient (Wildman–Crippen LogP) is 4.61. The van der Waals surface area contributed by atoms with Crippen LogP contribution in [0.3, 0.4) is 0 Å². The van der Waals surface area contributed by atoms with E-state index in [2.05, 4.69) is 4.90 Å². The highest BCUT2D eigenvalue weighted by molar-refractivity contribution is 6.39. The summed E-state index contributed by atoms with van der Waals surface area (Å²) < 4.78 is 0. The molecule has 2 aromatic rings. The van der Waals surface area contributed by atoms with Gasteiger partial charge in [-0.3, -0.25) is 4.79 Å². The van der Waals surface area contributed by atoms with Gasteiger partial charge >= 0.3 is 0 Å². The van der Waals surface area contributed by atoms with Gasteiger partial charge in [0.25, 0.3) is 5.91 Å². The maximum absolute atomic E-state index is 12.7. The van der Waals surface area contributed by atoms with Crippen molar-refractivity contribution in [3.8, 4) is 0 Å². The van der Waals surface area contributed by atoms with Crippen LogP contribution in [0.1, 0.15) is 10.4 Å². The zero-order valence-electron chi connectivity index (χ0n) is 12.3. The largest absolute Gasteiger partial charge is 0.368 e. The van der Waals surface area contributed by atoms with Crippen molar-refractivity contribution in [2.75, 3.05) is 31.1 Å². The molecule has 23 heavy (non-hydrogen) atoms. The first-order valence-electron chi connectivity index (χ1n) is 7.30. The number of halogens is 3. The van der Waals surface area contributed by atoms with Crippen LogP contribution in [-0.4, -0.2) is 37.0 Å². The first-order valence-corrected chi connectivity index (χ1v) is 8.43. The van der Waals surface area contributed by atoms with Crippen LogP contribution in [0.5, 0.6) is 0 Å². The summed E-state index contributed by atoms with van der Waals surface area (Å²) in [5.41, 5.74) is 1.45. The molecule has 120 valence electrons. The average Bonchev–Trinajstić information content (AvgIpc) is 2.55. The van der Waals surface area contributed by atoms with E-state index in [4.69, 9.17) is 34.8 Å². The first-order chi connectivity index (χ1) is 11.1. The molecule has 2 aromatic carbocycles. The van der Waals surface area contributed by atoms with Crippen molar-refractivity contribution in [1.29, 1.82) is 0 Å². The van der Waals surface area contributed by atoms with Crippen LogP contribution in [0, 0.1) is 0 Å². The fraction of sp³-hybridized carbons (Fsp3) is 0.235. The highest BCUT2D eigenvalue weighted by atomic mass is 35.5. The smallest absolute Gasteiger partial charge is 0.257 e. The Kier molecular flexibility index (Phi) is 5.00. The van der Waals surface area contributed by atoms with Crippen molar-refractivity contribution in [3.05, 3.63) is 63.1 Å². The highest BCUT2D eigenvalue weighted by Crippen LogP contribution is 2.27. The van der Waals surface area contributed by atoms with E-state index in [1.807, 2.05) is 24.3 Å². The van der Waals surface area contributed by atoms with Crippen LogP contribution in [0.2, 0.25) is 15.1 Å². The molecule has 0 unspecified atom stereocenters. The zero-order chi connectivity index (χ0) is 16.4. The van der Waals surface area contributed by atoms with E-state index in [1.54, 1.807) is 23.1 Å². The molecule has 0 aromatic heterocycles. The van der Waals surface area contributed by atoms with Gasteiger partial charge in [-0.2, -0.15) is 0 Å². The van der Waals surface area contributed by atoms with Gasteiger partial charge in [0.1, 0.15) is 0 Å². The highest BCUT2D eigenvalue weighted by Gasteiger charge is 2.25.